The predicted molar refractivity (Wildman–Crippen MR) is 118 cm³/mol. The van der Waals surface area contributed by atoms with Crippen LogP contribution in [0.15, 0.2) is 48.5 Å². The van der Waals surface area contributed by atoms with Gasteiger partial charge in [-0.1, -0.05) is 23.8 Å². The molecule has 1 unspecified atom stereocenters. The van der Waals surface area contributed by atoms with Crippen LogP contribution >= 0.6 is 0 Å². The Morgan fingerprint density at radius 2 is 1.90 bits per heavy atom. The number of hydrogen-bond donors (Lipinski definition) is 1. The number of nitro benzene ring substituents is 1. The highest BCUT2D eigenvalue weighted by molar-refractivity contribution is 5.81. The number of piperidine rings is 1. The summed E-state index contributed by atoms with van der Waals surface area (Å²) >= 11 is 0. The maximum Gasteiger partial charge on any atom is 0.273 e. The molecule has 166 valence electrons. The molecule has 1 saturated heterocycles. The molecule has 31 heavy (non-hydrogen) atoms. The van der Waals surface area contributed by atoms with E-state index in [2.05, 4.69) is 0 Å². The van der Waals surface area contributed by atoms with E-state index >= 15 is 0 Å². The number of aryl methyl sites for hydroxylation is 1. The van der Waals surface area contributed by atoms with Crippen molar-refractivity contribution in [1.29, 1.82) is 0 Å². The Bertz CT molecular complexity index is 881. The highest BCUT2D eigenvalue weighted by atomic mass is 16.6. The van der Waals surface area contributed by atoms with Crippen LogP contribution in [0.1, 0.15) is 24.8 Å². The fourth-order valence-corrected chi connectivity index (χ4v) is 3.61. The number of anilines is 1. The number of benzene rings is 2. The molecule has 0 bridgehead atoms. The smallest absolute Gasteiger partial charge is 0.273 e. The Balaban J connectivity index is 1.64. The lowest BCUT2D eigenvalue weighted by molar-refractivity contribution is -0.384. The summed E-state index contributed by atoms with van der Waals surface area (Å²) in [6.45, 7) is 3.89. The first-order valence-electron chi connectivity index (χ1n) is 10.6. The van der Waals surface area contributed by atoms with E-state index in [1.165, 1.54) is 18.2 Å². The van der Waals surface area contributed by atoms with Gasteiger partial charge in [0.15, 0.2) is 0 Å². The second kappa shape index (κ2) is 10.8. The zero-order valence-corrected chi connectivity index (χ0v) is 17.8. The molecule has 0 aliphatic carbocycles. The fourth-order valence-electron chi connectivity index (χ4n) is 3.61. The number of aliphatic hydroxyl groups is 1. The average molecular weight is 428 g/mol. The zero-order valence-electron chi connectivity index (χ0n) is 17.8. The fraction of sp³-hybridized carbons (Fsp3) is 0.435. The third-order valence-electron chi connectivity index (χ3n) is 5.34. The number of hydrogen-bond acceptors (Lipinski definition) is 6. The van der Waals surface area contributed by atoms with Crippen LogP contribution in [0.5, 0.6) is 5.75 Å². The van der Waals surface area contributed by atoms with Crippen LogP contribution in [0.4, 0.5) is 11.4 Å². The average Bonchev–Trinajstić information content (AvgIpc) is 2.78. The number of rotatable bonds is 9. The molecule has 1 N–H and O–H groups in total. The lowest BCUT2D eigenvalue weighted by Crippen LogP contribution is -2.45. The van der Waals surface area contributed by atoms with Crippen LogP contribution in [0.3, 0.4) is 0 Å². The maximum absolute atomic E-state index is 12.8. The third-order valence-corrected chi connectivity index (χ3v) is 5.34. The molecular formula is C23H29N3O5. The molecule has 0 radical (unpaired) electrons. The standard InChI is InChI=1S/C23H29N3O5/c1-18-8-10-19(11-9-18)25(16-23(28)24-12-3-2-4-13-24)15-21(27)17-31-22-7-5-6-20(14-22)26(29)30/h5-11,14,21,27H,2-4,12-13,15-17H2,1H3. The molecule has 8 nitrogen and oxygen atoms in total. The van der Waals surface area contributed by atoms with Crippen molar-refractivity contribution < 1.29 is 19.6 Å². The second-order valence-electron chi connectivity index (χ2n) is 7.88. The molecule has 0 aromatic heterocycles. The monoisotopic (exact) mass is 427 g/mol. The van der Waals surface area contributed by atoms with Gasteiger partial charge in [0, 0.05) is 31.4 Å². The molecule has 2 aromatic rings. The number of non-ortho nitro benzene ring substituents is 1. The molecule has 1 fully saturated rings. The minimum absolute atomic E-state index is 0.0402. The van der Waals surface area contributed by atoms with Crippen molar-refractivity contribution in [3.05, 3.63) is 64.2 Å². The summed E-state index contributed by atoms with van der Waals surface area (Å²) in [7, 11) is 0. The molecule has 3 rings (SSSR count). The highest BCUT2D eigenvalue weighted by Crippen LogP contribution is 2.20. The van der Waals surface area contributed by atoms with Crippen molar-refractivity contribution in [2.45, 2.75) is 32.3 Å². The van der Waals surface area contributed by atoms with E-state index in [0.717, 1.165) is 43.6 Å². The van der Waals surface area contributed by atoms with Gasteiger partial charge in [-0.15, -0.1) is 0 Å². The summed E-state index contributed by atoms with van der Waals surface area (Å²) in [4.78, 5) is 27.0. The van der Waals surface area contributed by atoms with Crippen LogP contribution in [-0.2, 0) is 4.79 Å². The molecule has 1 aliphatic heterocycles. The van der Waals surface area contributed by atoms with Crippen molar-refractivity contribution in [1.82, 2.24) is 4.90 Å². The first-order valence-corrected chi connectivity index (χ1v) is 10.6. The summed E-state index contributed by atoms with van der Waals surface area (Å²) < 4.78 is 5.56. The number of nitrogens with zero attached hydrogens (tertiary/aromatic N) is 3. The Kier molecular flexibility index (Phi) is 7.83. The first kappa shape index (κ1) is 22.6. The lowest BCUT2D eigenvalue weighted by Gasteiger charge is -2.32. The van der Waals surface area contributed by atoms with Crippen molar-refractivity contribution in [2.75, 3.05) is 37.7 Å². The molecular weight excluding hydrogens is 398 g/mol. The third kappa shape index (κ3) is 6.68. The number of aliphatic hydroxyl groups excluding tert-OH is 1. The molecule has 0 spiro atoms. The molecule has 1 heterocycles. The zero-order chi connectivity index (χ0) is 22.2. The van der Waals surface area contributed by atoms with E-state index < -0.39 is 11.0 Å². The number of carbonyl (C=O) groups excluding carboxylic acids is 1. The van der Waals surface area contributed by atoms with Crippen LogP contribution < -0.4 is 9.64 Å². The molecule has 8 heteroatoms. The molecule has 0 saturated carbocycles. The summed E-state index contributed by atoms with van der Waals surface area (Å²) in [6, 6.07) is 13.7. The van der Waals surface area contributed by atoms with Gasteiger partial charge in [0.1, 0.15) is 18.5 Å². The number of carbonyl (C=O) groups is 1. The number of nitro groups is 1. The number of amides is 1. The van der Waals surface area contributed by atoms with Gasteiger partial charge in [-0.2, -0.15) is 0 Å². The molecule has 1 amide bonds. The van der Waals surface area contributed by atoms with Gasteiger partial charge in [-0.05, 0) is 44.4 Å². The van der Waals surface area contributed by atoms with Gasteiger partial charge in [-0.25, -0.2) is 0 Å². The Morgan fingerprint density at radius 1 is 1.19 bits per heavy atom. The minimum Gasteiger partial charge on any atom is -0.491 e. The highest BCUT2D eigenvalue weighted by Gasteiger charge is 2.22. The summed E-state index contributed by atoms with van der Waals surface area (Å²) in [6.07, 6.45) is 2.32. The van der Waals surface area contributed by atoms with Gasteiger partial charge in [-0.3, -0.25) is 14.9 Å². The van der Waals surface area contributed by atoms with Crippen molar-refractivity contribution >= 4 is 17.3 Å². The number of ether oxygens (including phenoxy) is 1. The van der Waals surface area contributed by atoms with Gasteiger partial charge in [0.2, 0.25) is 5.91 Å². The van der Waals surface area contributed by atoms with Gasteiger partial charge in [0.05, 0.1) is 17.5 Å². The predicted octanol–water partition coefficient (Wildman–Crippen LogP) is 3.16. The van der Waals surface area contributed by atoms with E-state index in [9.17, 15) is 20.0 Å². The van der Waals surface area contributed by atoms with Crippen LogP contribution in [0.2, 0.25) is 0 Å². The molecule has 2 aromatic carbocycles. The van der Waals surface area contributed by atoms with Crippen molar-refractivity contribution in [3.63, 3.8) is 0 Å². The first-order chi connectivity index (χ1) is 14.9. The minimum atomic E-state index is -0.880. The van der Waals surface area contributed by atoms with E-state index in [0.29, 0.717) is 5.75 Å². The maximum atomic E-state index is 12.8. The second-order valence-corrected chi connectivity index (χ2v) is 7.88. The topological polar surface area (TPSA) is 96.2 Å². The van der Waals surface area contributed by atoms with Gasteiger partial charge in [0.25, 0.3) is 5.69 Å². The number of likely N-dealkylation sites (tertiary alicyclic amines) is 1. The quantitative estimate of drug-likeness (QED) is 0.488. The van der Waals surface area contributed by atoms with E-state index in [1.54, 1.807) is 6.07 Å². The van der Waals surface area contributed by atoms with Gasteiger partial charge >= 0.3 is 0 Å². The van der Waals surface area contributed by atoms with Gasteiger partial charge < -0.3 is 19.6 Å². The van der Waals surface area contributed by atoms with Crippen LogP contribution in [0.25, 0.3) is 0 Å². The normalized spacial score (nSPS) is 14.7. The van der Waals surface area contributed by atoms with Crippen LogP contribution in [-0.4, -0.2) is 59.7 Å². The summed E-state index contributed by atoms with van der Waals surface area (Å²) in [5.41, 5.74) is 1.89. The Labute approximate surface area is 182 Å². The Hall–Kier alpha value is -3.13. The van der Waals surface area contributed by atoms with E-state index in [1.807, 2.05) is 41.0 Å². The summed E-state index contributed by atoms with van der Waals surface area (Å²) in [5.74, 6) is 0.367. The molecule has 1 atom stereocenters. The Morgan fingerprint density at radius 3 is 2.58 bits per heavy atom. The van der Waals surface area contributed by atoms with Crippen molar-refractivity contribution in [2.24, 2.45) is 0 Å². The summed E-state index contributed by atoms with van der Waals surface area (Å²) in [5, 5.41) is 21.5. The largest absolute Gasteiger partial charge is 0.491 e. The lowest BCUT2D eigenvalue weighted by atomic mass is 10.1. The molecule has 1 aliphatic rings. The van der Waals surface area contributed by atoms with Crippen molar-refractivity contribution in [3.8, 4) is 5.75 Å². The van der Waals surface area contributed by atoms with Crippen LogP contribution in [0, 0.1) is 17.0 Å². The SMILES string of the molecule is Cc1ccc(N(CC(=O)N2CCCCC2)CC(O)COc2cccc([N+](=O)[O-])c2)cc1. The van der Waals surface area contributed by atoms with E-state index in [4.69, 9.17) is 4.74 Å². The van der Waals surface area contributed by atoms with E-state index in [-0.39, 0.29) is 31.3 Å².